The van der Waals surface area contributed by atoms with Crippen LogP contribution in [0.4, 0.5) is 39.5 Å². The molecule has 32 heavy (non-hydrogen) atoms. The van der Waals surface area contributed by atoms with Crippen molar-refractivity contribution in [2.45, 2.75) is 27.2 Å². The van der Waals surface area contributed by atoms with Crippen LogP contribution in [-0.4, -0.2) is 11.9 Å². The minimum absolute atomic E-state index is 0.0896. The highest BCUT2D eigenvalue weighted by Gasteiger charge is 2.37. The van der Waals surface area contributed by atoms with Crippen molar-refractivity contribution >= 4 is 11.9 Å². The lowest BCUT2D eigenvalue weighted by Crippen LogP contribution is -2.29. The number of carbonyl (C=O) groups is 2. The number of benzene rings is 2. The normalized spacial score (nSPS) is 11.5. The van der Waals surface area contributed by atoms with Crippen LogP contribution >= 0.6 is 0 Å². The Bertz CT molecular complexity index is 1070. The van der Waals surface area contributed by atoms with Gasteiger partial charge < -0.3 is 9.47 Å². The zero-order valence-corrected chi connectivity index (χ0v) is 16.2. The molecule has 0 N–H and O–H groups in total. The molecule has 2 aromatic rings. The molecule has 0 aliphatic carbocycles. The first-order valence-electron chi connectivity index (χ1n) is 8.49. The lowest BCUT2D eigenvalue weighted by atomic mass is 9.91. The third-order valence-corrected chi connectivity index (χ3v) is 4.42. The maximum absolute atomic E-state index is 14.2. The Hall–Kier alpha value is -3.25. The van der Waals surface area contributed by atoms with Gasteiger partial charge in [-0.15, -0.1) is 0 Å². The molecule has 0 saturated carbocycles. The molecule has 0 bridgehead atoms. The highest BCUT2D eigenvalue weighted by atomic mass is 19.2. The Labute approximate surface area is 173 Å². The summed E-state index contributed by atoms with van der Waals surface area (Å²) in [5.74, 6) is -30.9. The van der Waals surface area contributed by atoms with Crippen molar-refractivity contribution in [3.63, 3.8) is 0 Å². The minimum Gasteiger partial charge on any atom is -0.420 e. The number of carbonyl (C=O) groups excluding carboxylic acids is 2. The van der Waals surface area contributed by atoms with Crippen molar-refractivity contribution in [1.82, 2.24) is 0 Å². The summed E-state index contributed by atoms with van der Waals surface area (Å²) in [5.41, 5.74) is -3.56. The van der Waals surface area contributed by atoms with E-state index in [-0.39, 0.29) is 6.42 Å². The molecule has 0 heterocycles. The molecule has 2 aromatic carbocycles. The molecule has 0 saturated heterocycles. The smallest absolute Gasteiger partial charge is 0.349 e. The van der Waals surface area contributed by atoms with E-state index in [0.29, 0.717) is 0 Å². The van der Waals surface area contributed by atoms with Gasteiger partial charge in [0.05, 0.1) is 5.41 Å². The molecular formula is C19H11F9O4. The number of hydrogen-bond acceptors (Lipinski definition) is 4. The third-order valence-electron chi connectivity index (χ3n) is 4.42. The second kappa shape index (κ2) is 8.71. The van der Waals surface area contributed by atoms with Gasteiger partial charge in [-0.05, 0) is 20.3 Å². The van der Waals surface area contributed by atoms with Crippen LogP contribution in [0, 0.1) is 57.8 Å². The second-order valence-corrected chi connectivity index (χ2v) is 6.88. The van der Waals surface area contributed by atoms with E-state index in [1.807, 2.05) is 0 Å². The zero-order valence-electron chi connectivity index (χ0n) is 16.2. The van der Waals surface area contributed by atoms with Crippen molar-refractivity contribution in [2.24, 2.45) is 5.41 Å². The summed E-state index contributed by atoms with van der Waals surface area (Å²) in [5, 5.41) is 0. The molecule has 0 aromatic heterocycles. The summed E-state index contributed by atoms with van der Waals surface area (Å²) in [4.78, 5) is 23.8. The van der Waals surface area contributed by atoms with Gasteiger partial charge in [-0.2, -0.15) is 17.6 Å². The molecule has 0 unspecified atom stereocenters. The molecule has 2 rings (SSSR count). The van der Waals surface area contributed by atoms with Crippen LogP contribution in [0.3, 0.4) is 0 Å². The van der Waals surface area contributed by atoms with Crippen LogP contribution in [-0.2, 0) is 4.79 Å². The van der Waals surface area contributed by atoms with Gasteiger partial charge in [-0.1, -0.05) is 6.92 Å². The van der Waals surface area contributed by atoms with Gasteiger partial charge in [0.25, 0.3) is 0 Å². The standard InChI is InChI=1S/C19H11F9O4/c1-4-19(2,3)18(30)32-16-11(25)6(20)5(7(21)12(16)26)17(29)31-15-13(27)9(23)8(22)10(24)14(15)28/h4H2,1-3H3. The van der Waals surface area contributed by atoms with Crippen LogP contribution in [0.1, 0.15) is 37.6 Å². The van der Waals surface area contributed by atoms with Crippen molar-refractivity contribution in [1.29, 1.82) is 0 Å². The predicted octanol–water partition coefficient (Wildman–Crippen LogP) is 5.50. The molecule has 0 aliphatic heterocycles. The van der Waals surface area contributed by atoms with E-state index in [2.05, 4.69) is 9.47 Å². The van der Waals surface area contributed by atoms with E-state index in [9.17, 15) is 49.1 Å². The van der Waals surface area contributed by atoms with Gasteiger partial charge in [0.2, 0.25) is 52.2 Å². The maximum Gasteiger partial charge on any atom is 0.349 e. The second-order valence-electron chi connectivity index (χ2n) is 6.88. The fourth-order valence-corrected chi connectivity index (χ4v) is 2.07. The van der Waals surface area contributed by atoms with E-state index in [4.69, 9.17) is 0 Å². The molecule has 0 amide bonds. The molecule has 0 fully saturated rings. The Morgan fingerprint density at radius 1 is 0.625 bits per heavy atom. The summed E-state index contributed by atoms with van der Waals surface area (Å²) in [6, 6.07) is 0. The number of rotatable bonds is 5. The van der Waals surface area contributed by atoms with Crippen molar-refractivity contribution < 1.29 is 58.6 Å². The van der Waals surface area contributed by atoms with E-state index >= 15 is 0 Å². The van der Waals surface area contributed by atoms with Gasteiger partial charge in [0.15, 0.2) is 11.6 Å². The summed E-state index contributed by atoms with van der Waals surface area (Å²) in [6.07, 6.45) is 0.0896. The predicted molar refractivity (Wildman–Crippen MR) is 87.2 cm³/mol. The summed E-state index contributed by atoms with van der Waals surface area (Å²) >= 11 is 0. The van der Waals surface area contributed by atoms with Crippen LogP contribution in [0.25, 0.3) is 0 Å². The Balaban J connectivity index is 2.55. The van der Waals surface area contributed by atoms with E-state index in [0.717, 1.165) is 0 Å². The zero-order chi connectivity index (χ0) is 24.7. The maximum atomic E-state index is 14.2. The van der Waals surface area contributed by atoms with Gasteiger partial charge in [0.1, 0.15) is 5.56 Å². The number of esters is 2. The Morgan fingerprint density at radius 2 is 0.969 bits per heavy atom. The molecule has 0 radical (unpaired) electrons. The molecular weight excluding hydrogens is 463 g/mol. The molecule has 13 heteroatoms. The summed E-state index contributed by atoms with van der Waals surface area (Å²) < 4.78 is 132. The van der Waals surface area contributed by atoms with Crippen molar-refractivity contribution in [3.05, 3.63) is 57.9 Å². The molecule has 174 valence electrons. The number of hydrogen-bond donors (Lipinski definition) is 0. The van der Waals surface area contributed by atoms with E-state index in [1.54, 1.807) is 0 Å². The van der Waals surface area contributed by atoms with Gasteiger partial charge in [-0.3, -0.25) is 4.79 Å². The number of ether oxygens (including phenoxy) is 2. The topological polar surface area (TPSA) is 52.6 Å². The highest BCUT2D eigenvalue weighted by molar-refractivity contribution is 5.92. The Kier molecular flexibility index (Phi) is 6.81. The highest BCUT2D eigenvalue weighted by Crippen LogP contribution is 2.34. The minimum atomic E-state index is -2.65. The first kappa shape index (κ1) is 25.0. The first-order valence-corrected chi connectivity index (χ1v) is 8.49. The van der Waals surface area contributed by atoms with Crippen LogP contribution in [0.15, 0.2) is 0 Å². The molecule has 4 nitrogen and oxygen atoms in total. The quantitative estimate of drug-likeness (QED) is 0.189. The average Bonchev–Trinajstić information content (AvgIpc) is 2.75. The Morgan fingerprint density at radius 3 is 1.38 bits per heavy atom. The van der Waals surface area contributed by atoms with Crippen molar-refractivity contribution in [3.8, 4) is 11.5 Å². The van der Waals surface area contributed by atoms with Crippen LogP contribution < -0.4 is 9.47 Å². The largest absolute Gasteiger partial charge is 0.420 e. The van der Waals surface area contributed by atoms with Crippen molar-refractivity contribution in [2.75, 3.05) is 0 Å². The fraction of sp³-hybridized carbons (Fsp3) is 0.263. The monoisotopic (exact) mass is 474 g/mol. The van der Waals surface area contributed by atoms with E-state index in [1.165, 1.54) is 20.8 Å². The third kappa shape index (κ3) is 4.10. The first-order chi connectivity index (χ1) is 14.7. The summed E-state index contributed by atoms with van der Waals surface area (Å²) in [6.45, 7) is 4.06. The lowest BCUT2D eigenvalue weighted by molar-refractivity contribution is -0.144. The van der Waals surface area contributed by atoms with Gasteiger partial charge in [0, 0.05) is 0 Å². The molecule has 0 spiro atoms. The van der Waals surface area contributed by atoms with Gasteiger partial charge in [-0.25, -0.2) is 26.7 Å². The SMILES string of the molecule is CCC(C)(C)C(=O)Oc1c(F)c(F)c(C(=O)Oc2c(F)c(F)c(F)c(F)c2F)c(F)c1F. The lowest BCUT2D eigenvalue weighted by Gasteiger charge is -2.21. The van der Waals surface area contributed by atoms with Crippen LogP contribution in [0.2, 0.25) is 0 Å². The number of halogens is 9. The fourth-order valence-electron chi connectivity index (χ4n) is 2.07. The molecule has 0 aliphatic rings. The summed E-state index contributed by atoms with van der Waals surface area (Å²) in [7, 11) is 0. The van der Waals surface area contributed by atoms with Gasteiger partial charge >= 0.3 is 11.9 Å². The molecule has 0 atom stereocenters. The van der Waals surface area contributed by atoms with E-state index < -0.39 is 86.8 Å². The average molecular weight is 474 g/mol. The van der Waals surface area contributed by atoms with Crippen LogP contribution in [0.5, 0.6) is 11.5 Å².